The van der Waals surface area contributed by atoms with Gasteiger partial charge in [-0.2, -0.15) is 10.5 Å². The van der Waals surface area contributed by atoms with Crippen molar-refractivity contribution in [2.45, 2.75) is 0 Å². The quantitative estimate of drug-likeness (QED) is 0.467. The van der Waals surface area contributed by atoms with Crippen molar-refractivity contribution in [3.8, 4) is 12.1 Å². The molecule has 0 aliphatic carbocycles. The molecule has 0 fully saturated rings. The second kappa shape index (κ2) is 19.0. The van der Waals surface area contributed by atoms with Crippen LogP contribution in [-0.4, -0.2) is 0 Å². The van der Waals surface area contributed by atoms with E-state index in [0.29, 0.717) is 0 Å². The smallest absolute Gasteiger partial charge is 0.181 e. The first kappa shape index (κ1) is 16.4. The van der Waals surface area contributed by atoms with E-state index in [0.717, 1.165) is 0 Å². The molecule has 0 aromatic carbocycles. The van der Waals surface area contributed by atoms with Gasteiger partial charge in [-0.3, -0.25) is 0 Å². The number of nitriles is 2. The molecule has 4 heteroatoms. The molecule has 0 radical (unpaired) electrons. The van der Waals surface area contributed by atoms with Gasteiger partial charge in [-0.25, -0.2) is 0 Å². The maximum atomic E-state index is 7.26. The van der Waals surface area contributed by atoms with E-state index in [1.807, 2.05) is 0 Å². The molecule has 0 saturated carbocycles. The van der Waals surface area contributed by atoms with Gasteiger partial charge in [-0.1, -0.05) is 0 Å². The molecule has 0 heterocycles. The van der Waals surface area contributed by atoms with Gasteiger partial charge in [0.05, 0.1) is 0 Å². The van der Waals surface area contributed by atoms with Crippen LogP contribution in [0.2, 0.25) is 0 Å². The minimum atomic E-state index is 0. The van der Waals surface area contributed by atoms with Crippen LogP contribution in [0.4, 0.5) is 0 Å². The van der Waals surface area contributed by atoms with Crippen molar-refractivity contribution in [1.82, 2.24) is 0 Å². The summed E-state index contributed by atoms with van der Waals surface area (Å²) in [5.74, 6) is 0. The molecule has 0 unspecified atom stereocenters. The Labute approximate surface area is 60.9 Å². The monoisotopic (exact) mass is 158 g/mol. The van der Waals surface area contributed by atoms with Gasteiger partial charge in [0.15, 0.2) is 12.1 Å². The van der Waals surface area contributed by atoms with Gasteiger partial charge in [0, 0.05) is 38.2 Å². The van der Waals surface area contributed by atoms with E-state index in [4.69, 9.17) is 10.5 Å². The zero-order chi connectivity index (χ0) is 3.41. The molecule has 32 valence electrons. The van der Waals surface area contributed by atoms with Crippen LogP contribution in [0.5, 0.6) is 0 Å². The van der Waals surface area contributed by atoms with E-state index in [1.165, 1.54) is 12.1 Å². The van der Waals surface area contributed by atoms with Gasteiger partial charge >= 0.3 is 0 Å². The average Bonchev–Trinajstić information content (AvgIpc) is 1.37. The van der Waals surface area contributed by atoms with Crippen LogP contribution < -0.4 is 0 Å². The number of hydrogen-bond donors (Lipinski definition) is 0. The van der Waals surface area contributed by atoms with Crippen LogP contribution >= 0.6 is 0 Å². The maximum absolute atomic E-state index is 7.26. The van der Waals surface area contributed by atoms with Crippen LogP contribution in [0, 0.1) is 22.7 Å². The first-order chi connectivity index (χ1) is 1.91. The third kappa shape index (κ3) is 30.2. The van der Waals surface area contributed by atoms with E-state index in [2.05, 4.69) is 0 Å². The fourth-order valence-electron chi connectivity index (χ4n) is 0. The first-order valence-corrected chi connectivity index (χ1v) is 0.697. The molecule has 6 heavy (non-hydrogen) atoms. The summed E-state index contributed by atoms with van der Waals surface area (Å²) in [5, 5.41) is 14.5. The van der Waals surface area contributed by atoms with E-state index in [9.17, 15) is 0 Å². The minimum Gasteiger partial charge on any atom is -0.181 e. The van der Waals surface area contributed by atoms with Gasteiger partial charge in [0.2, 0.25) is 0 Å². The summed E-state index contributed by atoms with van der Waals surface area (Å²) in [6, 6.07) is 2.47. The molecule has 0 N–H and O–H groups in total. The molecule has 0 bridgehead atoms. The summed E-state index contributed by atoms with van der Waals surface area (Å²) in [5.41, 5.74) is 0. The first-order valence-electron chi connectivity index (χ1n) is 0.697. The Balaban J connectivity index is -0.0000000450. The third-order valence-corrected chi connectivity index (χ3v) is 0.0500. The van der Waals surface area contributed by atoms with Gasteiger partial charge in [0.25, 0.3) is 0 Å². The van der Waals surface area contributed by atoms with E-state index in [-0.39, 0.29) is 38.2 Å². The van der Waals surface area contributed by atoms with E-state index < -0.39 is 0 Å². The van der Waals surface area contributed by atoms with Gasteiger partial charge in [-0.15, -0.1) is 0 Å². The van der Waals surface area contributed by atoms with Crippen molar-refractivity contribution in [2.75, 3.05) is 0 Å². The zero-order valence-corrected chi connectivity index (χ0v) is 5.26. The van der Waals surface area contributed by atoms with E-state index >= 15 is 0 Å². The van der Waals surface area contributed by atoms with Gasteiger partial charge in [0.1, 0.15) is 0 Å². The van der Waals surface area contributed by atoms with E-state index in [1.54, 1.807) is 0 Å². The second-order valence-corrected chi connectivity index (χ2v) is 0.224. The Kier molecular flexibility index (Phi) is 51.9. The van der Waals surface area contributed by atoms with Crippen molar-refractivity contribution in [3.05, 3.63) is 0 Å². The predicted octanol–water partition coefficient (Wildman–Crippen LogP) is 0.0286. The summed E-state index contributed by atoms with van der Waals surface area (Å²) in [4.78, 5) is 0. The second-order valence-electron chi connectivity index (χ2n) is 0.224. The molecular formula is C2N2NiTi. The third-order valence-electron chi connectivity index (χ3n) is 0.0500. The SMILES string of the molecule is N#CC#N.[Ni].[Ti]. The Morgan fingerprint density at radius 1 is 1.00 bits per heavy atom. The van der Waals surface area contributed by atoms with Crippen molar-refractivity contribution in [2.24, 2.45) is 0 Å². The van der Waals surface area contributed by atoms with Crippen molar-refractivity contribution >= 4 is 0 Å². The molecule has 0 atom stereocenters. The summed E-state index contributed by atoms with van der Waals surface area (Å²) in [6.45, 7) is 0. The molecule has 0 rings (SSSR count). The molecule has 0 spiro atoms. The Hall–Kier alpha value is 0.188. The molecule has 0 aromatic rings. The van der Waals surface area contributed by atoms with Crippen LogP contribution in [0.15, 0.2) is 0 Å². The summed E-state index contributed by atoms with van der Waals surface area (Å²) in [6.07, 6.45) is 0. The van der Waals surface area contributed by atoms with Crippen LogP contribution in [-0.2, 0) is 38.2 Å². The summed E-state index contributed by atoms with van der Waals surface area (Å²) >= 11 is 0. The fourth-order valence-corrected chi connectivity index (χ4v) is 0. The molecule has 0 amide bonds. The molecule has 2 nitrogen and oxygen atoms in total. The topological polar surface area (TPSA) is 47.6 Å². The van der Waals surface area contributed by atoms with Crippen molar-refractivity contribution < 1.29 is 38.2 Å². The average molecular weight is 159 g/mol. The largest absolute Gasteiger partial charge is 0.181 e. The van der Waals surface area contributed by atoms with Crippen molar-refractivity contribution in [3.63, 3.8) is 0 Å². The minimum absolute atomic E-state index is 0. The van der Waals surface area contributed by atoms with Crippen LogP contribution in [0.1, 0.15) is 0 Å². The summed E-state index contributed by atoms with van der Waals surface area (Å²) in [7, 11) is 0. The molecule has 0 aliphatic rings. The molecular weight excluding hydrogens is 159 g/mol. The van der Waals surface area contributed by atoms with Gasteiger partial charge < -0.3 is 0 Å². The summed E-state index contributed by atoms with van der Waals surface area (Å²) < 4.78 is 0. The standard InChI is InChI=1S/C2N2.Ni.Ti/c3-1-2-4;;. The van der Waals surface area contributed by atoms with Gasteiger partial charge in [-0.05, 0) is 0 Å². The van der Waals surface area contributed by atoms with Crippen molar-refractivity contribution in [1.29, 1.82) is 10.5 Å². The van der Waals surface area contributed by atoms with Crippen LogP contribution in [0.3, 0.4) is 0 Å². The van der Waals surface area contributed by atoms with Crippen LogP contribution in [0.25, 0.3) is 0 Å². The Bertz CT molecular complexity index is 66.5. The molecule has 0 saturated heterocycles. The normalized spacial score (nSPS) is 1.67. The predicted molar refractivity (Wildman–Crippen MR) is 11.2 cm³/mol. The fraction of sp³-hybridized carbons (Fsp3) is 0. The zero-order valence-electron chi connectivity index (χ0n) is 2.71. The number of nitrogens with zero attached hydrogens (tertiary/aromatic N) is 2. The Morgan fingerprint density at radius 2 is 1.17 bits per heavy atom. The Morgan fingerprint density at radius 3 is 1.17 bits per heavy atom. The maximum Gasteiger partial charge on any atom is 0.181 e. The molecule has 0 aromatic heterocycles. The molecule has 0 aliphatic heterocycles. The number of hydrogen-bond acceptors (Lipinski definition) is 2. The number of rotatable bonds is 0.